The van der Waals surface area contributed by atoms with Crippen LogP contribution in [0.25, 0.3) is 0 Å². The Morgan fingerprint density at radius 2 is 1.82 bits per heavy atom. The Kier molecular flexibility index (Phi) is 3.56. The van der Waals surface area contributed by atoms with Gasteiger partial charge in [-0.2, -0.15) is 8.78 Å². The summed E-state index contributed by atoms with van der Waals surface area (Å²) in [5, 5.41) is 0. The maximum Gasteiger partial charge on any atom is 0.483 e. The highest BCUT2D eigenvalue weighted by Gasteiger charge is 2.50. The van der Waals surface area contributed by atoms with Gasteiger partial charge in [-0.1, -0.05) is 49.4 Å². The Morgan fingerprint density at radius 3 is 2.50 bits per heavy atom. The fraction of sp³-hybridized carbons (Fsp3) is 0.235. The summed E-state index contributed by atoms with van der Waals surface area (Å²) in [6, 6.07) is 14.1. The number of carbonyl (C=O) groups is 1. The first-order chi connectivity index (χ1) is 10.5. The number of anilines is 1. The van der Waals surface area contributed by atoms with Crippen LogP contribution >= 0.6 is 0 Å². The second kappa shape index (κ2) is 5.40. The molecule has 1 heterocycles. The fourth-order valence-corrected chi connectivity index (χ4v) is 2.54. The third-order valence-electron chi connectivity index (χ3n) is 3.66. The van der Waals surface area contributed by atoms with E-state index in [-0.39, 0.29) is 12.3 Å². The third kappa shape index (κ3) is 2.43. The highest BCUT2D eigenvalue weighted by Crippen LogP contribution is 2.42. The number of carbonyl (C=O) groups excluding carboxylic acids is 1. The van der Waals surface area contributed by atoms with E-state index in [4.69, 9.17) is 4.74 Å². The van der Waals surface area contributed by atoms with Gasteiger partial charge in [0.25, 0.3) is 0 Å². The van der Waals surface area contributed by atoms with Crippen LogP contribution in [0.1, 0.15) is 18.1 Å². The minimum absolute atomic E-state index is 0.0821. The Labute approximate surface area is 127 Å². The molecule has 0 radical (unpaired) electrons. The van der Waals surface area contributed by atoms with Crippen LogP contribution in [-0.2, 0) is 17.8 Å². The van der Waals surface area contributed by atoms with Gasteiger partial charge >= 0.3 is 12.0 Å². The highest BCUT2D eigenvalue weighted by atomic mass is 19.3. The van der Waals surface area contributed by atoms with Crippen molar-refractivity contribution in [1.29, 1.82) is 0 Å². The van der Waals surface area contributed by atoms with Gasteiger partial charge in [0, 0.05) is 0 Å². The highest BCUT2D eigenvalue weighted by molar-refractivity contribution is 6.01. The molecular formula is C17H15F2NO2. The molecule has 0 N–H and O–H groups in total. The van der Waals surface area contributed by atoms with Crippen molar-refractivity contribution in [2.75, 3.05) is 4.90 Å². The lowest BCUT2D eigenvalue weighted by Crippen LogP contribution is -2.50. The summed E-state index contributed by atoms with van der Waals surface area (Å²) in [5.74, 6) is -1.25. The van der Waals surface area contributed by atoms with Crippen molar-refractivity contribution in [2.24, 2.45) is 0 Å². The van der Waals surface area contributed by atoms with Crippen LogP contribution in [0.2, 0.25) is 0 Å². The first-order valence-electron chi connectivity index (χ1n) is 7.07. The minimum Gasteiger partial charge on any atom is -0.423 e. The molecule has 1 aliphatic rings. The predicted molar refractivity (Wildman–Crippen MR) is 79.0 cm³/mol. The molecular weight excluding hydrogens is 288 g/mol. The number of para-hydroxylation sites is 1. The van der Waals surface area contributed by atoms with Crippen molar-refractivity contribution in [3.8, 4) is 5.75 Å². The van der Waals surface area contributed by atoms with Gasteiger partial charge in [0.05, 0.1) is 12.2 Å². The van der Waals surface area contributed by atoms with Crippen molar-refractivity contribution >= 4 is 11.6 Å². The zero-order valence-electron chi connectivity index (χ0n) is 12.1. The molecule has 2 aromatic rings. The van der Waals surface area contributed by atoms with E-state index in [0.717, 1.165) is 10.5 Å². The quantitative estimate of drug-likeness (QED) is 0.864. The molecule has 3 nitrogen and oxygen atoms in total. The lowest BCUT2D eigenvalue weighted by molar-refractivity contribution is -0.193. The van der Waals surface area contributed by atoms with E-state index in [2.05, 4.69) is 0 Å². The van der Waals surface area contributed by atoms with Gasteiger partial charge in [-0.3, -0.25) is 9.69 Å². The number of rotatable bonds is 3. The predicted octanol–water partition coefficient (Wildman–Crippen LogP) is 3.77. The van der Waals surface area contributed by atoms with Crippen LogP contribution in [0.5, 0.6) is 5.75 Å². The topological polar surface area (TPSA) is 29.5 Å². The molecule has 0 aliphatic carbocycles. The molecule has 3 rings (SSSR count). The van der Waals surface area contributed by atoms with E-state index in [0.29, 0.717) is 17.7 Å². The number of ether oxygens (including phenoxy) is 1. The number of hydrogen-bond donors (Lipinski definition) is 0. The monoisotopic (exact) mass is 303 g/mol. The second-order valence-corrected chi connectivity index (χ2v) is 5.11. The maximum absolute atomic E-state index is 13.9. The standard InChI is InChI=1S/C17H15F2NO2/c1-2-13-9-6-10-14-15(13)22-17(18,19)16(21)20(14)11-12-7-4-3-5-8-12/h3-10H,2,11H2,1H3. The zero-order valence-corrected chi connectivity index (χ0v) is 12.1. The largest absolute Gasteiger partial charge is 0.483 e. The lowest BCUT2D eigenvalue weighted by Gasteiger charge is -2.34. The number of nitrogens with zero attached hydrogens (tertiary/aromatic N) is 1. The summed E-state index contributed by atoms with van der Waals surface area (Å²) < 4.78 is 32.6. The van der Waals surface area contributed by atoms with Crippen molar-refractivity contribution in [1.82, 2.24) is 0 Å². The molecule has 1 aliphatic heterocycles. The fourth-order valence-electron chi connectivity index (χ4n) is 2.54. The summed E-state index contributed by atoms with van der Waals surface area (Å²) in [7, 11) is 0. The van der Waals surface area contributed by atoms with Crippen LogP contribution in [0.4, 0.5) is 14.5 Å². The van der Waals surface area contributed by atoms with Gasteiger partial charge in [-0.05, 0) is 23.6 Å². The third-order valence-corrected chi connectivity index (χ3v) is 3.66. The summed E-state index contributed by atoms with van der Waals surface area (Å²) >= 11 is 0. The van der Waals surface area contributed by atoms with E-state index in [9.17, 15) is 13.6 Å². The number of fused-ring (bicyclic) bond motifs is 1. The first kappa shape index (κ1) is 14.5. The van der Waals surface area contributed by atoms with Crippen molar-refractivity contribution < 1.29 is 18.3 Å². The molecule has 0 atom stereocenters. The molecule has 114 valence electrons. The van der Waals surface area contributed by atoms with E-state index in [1.54, 1.807) is 30.3 Å². The molecule has 0 saturated carbocycles. The average Bonchev–Trinajstić information content (AvgIpc) is 2.52. The molecule has 0 aromatic heterocycles. The van der Waals surface area contributed by atoms with Crippen molar-refractivity contribution in [3.05, 3.63) is 59.7 Å². The number of amides is 1. The number of hydrogen-bond acceptors (Lipinski definition) is 2. The normalized spacial score (nSPS) is 16.1. The Balaban J connectivity index is 2.07. The number of halogens is 2. The van der Waals surface area contributed by atoms with Crippen LogP contribution in [0.3, 0.4) is 0 Å². The summed E-state index contributed by atoms with van der Waals surface area (Å²) in [6.45, 7) is 1.94. The zero-order chi connectivity index (χ0) is 15.7. The van der Waals surface area contributed by atoms with E-state index in [1.165, 1.54) is 0 Å². The van der Waals surface area contributed by atoms with E-state index >= 15 is 0 Å². The number of benzene rings is 2. The smallest absolute Gasteiger partial charge is 0.423 e. The molecule has 0 spiro atoms. The molecule has 2 aromatic carbocycles. The van der Waals surface area contributed by atoms with Gasteiger partial charge in [0.1, 0.15) is 0 Å². The van der Waals surface area contributed by atoms with Gasteiger partial charge in [-0.15, -0.1) is 0 Å². The summed E-state index contributed by atoms with van der Waals surface area (Å²) in [5.41, 5.74) is 1.82. The molecule has 0 unspecified atom stereocenters. The molecule has 22 heavy (non-hydrogen) atoms. The van der Waals surface area contributed by atoms with E-state index in [1.807, 2.05) is 25.1 Å². The van der Waals surface area contributed by atoms with Gasteiger partial charge < -0.3 is 4.74 Å². The minimum atomic E-state index is -3.84. The Hall–Kier alpha value is -2.43. The van der Waals surface area contributed by atoms with Crippen LogP contribution in [0, 0.1) is 0 Å². The maximum atomic E-state index is 13.9. The van der Waals surface area contributed by atoms with Gasteiger partial charge in [0.2, 0.25) is 0 Å². The van der Waals surface area contributed by atoms with Gasteiger partial charge in [-0.25, -0.2) is 0 Å². The average molecular weight is 303 g/mol. The molecule has 0 bridgehead atoms. The second-order valence-electron chi connectivity index (χ2n) is 5.11. The Bertz CT molecular complexity index is 701. The van der Waals surface area contributed by atoms with Gasteiger partial charge in [0.15, 0.2) is 5.75 Å². The first-order valence-corrected chi connectivity index (χ1v) is 7.07. The van der Waals surface area contributed by atoms with Crippen LogP contribution < -0.4 is 9.64 Å². The Morgan fingerprint density at radius 1 is 1.09 bits per heavy atom. The molecule has 0 saturated heterocycles. The summed E-state index contributed by atoms with van der Waals surface area (Å²) in [6.07, 6.45) is -3.29. The molecule has 5 heteroatoms. The number of alkyl halides is 2. The molecule has 1 amide bonds. The van der Waals surface area contributed by atoms with Crippen molar-refractivity contribution in [3.63, 3.8) is 0 Å². The van der Waals surface area contributed by atoms with E-state index < -0.39 is 12.0 Å². The lowest BCUT2D eigenvalue weighted by atomic mass is 10.1. The SMILES string of the molecule is CCc1cccc2c1OC(F)(F)C(=O)N2Cc1ccccc1. The summed E-state index contributed by atoms with van der Waals surface area (Å²) in [4.78, 5) is 13.2. The van der Waals surface area contributed by atoms with Crippen LogP contribution in [0.15, 0.2) is 48.5 Å². The van der Waals surface area contributed by atoms with Crippen molar-refractivity contribution in [2.45, 2.75) is 26.0 Å². The number of aryl methyl sites for hydroxylation is 1. The van der Waals surface area contributed by atoms with Crippen LogP contribution in [-0.4, -0.2) is 12.0 Å². The molecule has 0 fully saturated rings.